The van der Waals surface area contributed by atoms with E-state index >= 15 is 0 Å². The number of anilines is 1. The van der Waals surface area contributed by atoms with E-state index in [1.807, 2.05) is 47.8 Å². The van der Waals surface area contributed by atoms with E-state index in [2.05, 4.69) is 10.3 Å². The minimum Gasteiger partial charge on any atom is -0.493 e. The van der Waals surface area contributed by atoms with E-state index in [4.69, 9.17) is 9.47 Å². The molecule has 1 amide bonds. The SMILES string of the molecule is CCN(Cc1ccccc1)S(=O)(=O)c1ccc(C(=O)Nc2nc(-c3ccc(OC)c(OC)c3)cs2)cc1. The molecule has 0 atom stereocenters. The van der Waals surface area contributed by atoms with Gasteiger partial charge in [-0.3, -0.25) is 10.1 Å². The standard InChI is InChI=1S/C27H27N3O5S2/c1-4-30(17-19-8-6-5-7-9-19)37(32,33)22-13-10-20(11-14-22)26(31)29-27-28-23(18-36-27)21-12-15-24(34-2)25(16-21)35-3/h5-16,18H,4,17H2,1-3H3,(H,28,29,31). The minimum atomic E-state index is -3.72. The van der Waals surface area contributed by atoms with Crippen molar-refractivity contribution in [2.75, 3.05) is 26.1 Å². The van der Waals surface area contributed by atoms with E-state index in [9.17, 15) is 13.2 Å². The van der Waals surface area contributed by atoms with Crippen molar-refractivity contribution in [3.63, 3.8) is 0 Å². The highest BCUT2D eigenvalue weighted by atomic mass is 32.2. The van der Waals surface area contributed by atoms with Crippen molar-refractivity contribution in [1.82, 2.24) is 9.29 Å². The first kappa shape index (κ1) is 26.3. The molecule has 4 rings (SSSR count). The molecule has 0 unspecified atom stereocenters. The Morgan fingerprint density at radius 2 is 1.68 bits per heavy atom. The molecule has 0 saturated carbocycles. The molecule has 0 radical (unpaired) electrons. The van der Waals surface area contributed by atoms with Gasteiger partial charge in [0.05, 0.1) is 24.8 Å². The highest BCUT2D eigenvalue weighted by molar-refractivity contribution is 7.89. The van der Waals surface area contributed by atoms with Gasteiger partial charge in [-0.1, -0.05) is 37.3 Å². The second kappa shape index (κ2) is 11.5. The van der Waals surface area contributed by atoms with E-state index in [1.54, 1.807) is 27.2 Å². The summed E-state index contributed by atoms with van der Waals surface area (Å²) in [4.78, 5) is 17.4. The van der Waals surface area contributed by atoms with E-state index < -0.39 is 10.0 Å². The van der Waals surface area contributed by atoms with Crippen LogP contribution in [0.4, 0.5) is 5.13 Å². The van der Waals surface area contributed by atoms with Crippen LogP contribution < -0.4 is 14.8 Å². The van der Waals surface area contributed by atoms with E-state index in [0.29, 0.717) is 34.4 Å². The Hall–Kier alpha value is -3.73. The Kier molecular flexibility index (Phi) is 8.22. The van der Waals surface area contributed by atoms with E-state index in [1.165, 1.54) is 39.9 Å². The van der Waals surface area contributed by atoms with Gasteiger partial charge in [0, 0.05) is 29.6 Å². The molecule has 0 spiro atoms. The van der Waals surface area contributed by atoms with Gasteiger partial charge < -0.3 is 9.47 Å². The fourth-order valence-corrected chi connectivity index (χ4v) is 5.86. The van der Waals surface area contributed by atoms with Crippen molar-refractivity contribution in [1.29, 1.82) is 0 Å². The number of hydrogen-bond acceptors (Lipinski definition) is 7. The van der Waals surface area contributed by atoms with Crippen LogP contribution in [0.3, 0.4) is 0 Å². The van der Waals surface area contributed by atoms with Crippen molar-refractivity contribution in [3.05, 3.63) is 89.3 Å². The Balaban J connectivity index is 1.46. The smallest absolute Gasteiger partial charge is 0.257 e. The van der Waals surface area contributed by atoms with Gasteiger partial charge in [0.25, 0.3) is 5.91 Å². The van der Waals surface area contributed by atoms with Crippen LogP contribution in [0.15, 0.2) is 83.1 Å². The maximum atomic E-state index is 13.2. The lowest BCUT2D eigenvalue weighted by Crippen LogP contribution is -2.30. The predicted molar refractivity (Wildman–Crippen MR) is 145 cm³/mol. The number of rotatable bonds is 10. The summed E-state index contributed by atoms with van der Waals surface area (Å²) in [6, 6.07) is 20.8. The van der Waals surface area contributed by atoms with Crippen LogP contribution in [0.5, 0.6) is 11.5 Å². The zero-order chi connectivity index (χ0) is 26.4. The fraction of sp³-hybridized carbons (Fsp3) is 0.185. The number of benzene rings is 3. The molecule has 8 nitrogen and oxygen atoms in total. The number of sulfonamides is 1. The summed E-state index contributed by atoms with van der Waals surface area (Å²) in [5, 5.41) is 5.03. The maximum absolute atomic E-state index is 13.2. The summed E-state index contributed by atoms with van der Waals surface area (Å²) in [7, 11) is -0.583. The number of thiazole rings is 1. The molecule has 37 heavy (non-hydrogen) atoms. The Labute approximate surface area is 220 Å². The number of methoxy groups -OCH3 is 2. The third-order valence-corrected chi connectivity index (χ3v) is 8.41. The number of amides is 1. The molecule has 0 aliphatic rings. The summed E-state index contributed by atoms with van der Waals surface area (Å²) in [5.41, 5.74) is 2.73. The van der Waals surface area contributed by atoms with Gasteiger partial charge in [0.15, 0.2) is 16.6 Å². The molecule has 0 aliphatic heterocycles. The van der Waals surface area contributed by atoms with Crippen molar-refractivity contribution < 1.29 is 22.7 Å². The average Bonchev–Trinajstić information content (AvgIpc) is 3.40. The number of nitrogens with one attached hydrogen (secondary N) is 1. The second-order valence-electron chi connectivity index (χ2n) is 8.00. The van der Waals surface area contributed by atoms with Gasteiger partial charge >= 0.3 is 0 Å². The fourth-order valence-electron chi connectivity index (χ4n) is 3.71. The summed E-state index contributed by atoms with van der Waals surface area (Å²) < 4.78 is 38.3. The molecule has 0 aliphatic carbocycles. The molecule has 0 fully saturated rings. The first-order valence-electron chi connectivity index (χ1n) is 11.5. The number of nitrogens with zero attached hydrogens (tertiary/aromatic N) is 2. The number of carbonyl (C=O) groups excluding carboxylic acids is 1. The van der Waals surface area contributed by atoms with Gasteiger partial charge in [0.1, 0.15) is 0 Å². The number of hydrogen-bond donors (Lipinski definition) is 1. The van der Waals surface area contributed by atoms with Crippen LogP contribution in [-0.2, 0) is 16.6 Å². The largest absolute Gasteiger partial charge is 0.493 e. The topological polar surface area (TPSA) is 97.8 Å². The van der Waals surface area contributed by atoms with Crippen LogP contribution in [0.1, 0.15) is 22.8 Å². The van der Waals surface area contributed by atoms with Crippen molar-refractivity contribution in [2.45, 2.75) is 18.4 Å². The monoisotopic (exact) mass is 537 g/mol. The van der Waals surface area contributed by atoms with E-state index in [-0.39, 0.29) is 17.3 Å². The number of aromatic nitrogens is 1. The number of ether oxygens (including phenoxy) is 2. The van der Waals surface area contributed by atoms with Crippen LogP contribution >= 0.6 is 11.3 Å². The van der Waals surface area contributed by atoms with Crippen molar-refractivity contribution >= 4 is 32.4 Å². The predicted octanol–water partition coefficient (Wildman–Crippen LogP) is 5.29. The average molecular weight is 538 g/mol. The summed E-state index contributed by atoms with van der Waals surface area (Å²) in [6.45, 7) is 2.40. The molecule has 1 N–H and O–H groups in total. The van der Waals surface area contributed by atoms with Crippen LogP contribution in [-0.4, -0.2) is 44.4 Å². The third-order valence-electron chi connectivity index (χ3n) is 5.71. The molecule has 10 heteroatoms. The lowest BCUT2D eigenvalue weighted by atomic mass is 10.1. The molecule has 192 valence electrons. The Morgan fingerprint density at radius 3 is 2.32 bits per heavy atom. The molecule has 0 saturated heterocycles. The molecule has 1 heterocycles. The van der Waals surface area contributed by atoms with Crippen molar-refractivity contribution in [2.24, 2.45) is 0 Å². The molecule has 0 bridgehead atoms. The Morgan fingerprint density at radius 1 is 0.973 bits per heavy atom. The molecular weight excluding hydrogens is 510 g/mol. The zero-order valence-corrected chi connectivity index (χ0v) is 22.3. The van der Waals surface area contributed by atoms with Gasteiger partial charge in [-0.2, -0.15) is 4.31 Å². The van der Waals surface area contributed by atoms with Crippen molar-refractivity contribution in [3.8, 4) is 22.8 Å². The van der Waals surface area contributed by atoms with Gasteiger partial charge in [-0.15, -0.1) is 11.3 Å². The highest BCUT2D eigenvalue weighted by Crippen LogP contribution is 2.33. The van der Waals surface area contributed by atoms with Crippen LogP contribution in [0.25, 0.3) is 11.3 Å². The maximum Gasteiger partial charge on any atom is 0.257 e. The minimum absolute atomic E-state index is 0.131. The Bertz CT molecular complexity index is 1470. The van der Waals surface area contributed by atoms with Gasteiger partial charge in [0.2, 0.25) is 10.0 Å². The van der Waals surface area contributed by atoms with Gasteiger partial charge in [-0.25, -0.2) is 13.4 Å². The third kappa shape index (κ3) is 5.99. The zero-order valence-electron chi connectivity index (χ0n) is 20.7. The quantitative estimate of drug-likeness (QED) is 0.295. The first-order chi connectivity index (χ1) is 17.8. The lowest BCUT2D eigenvalue weighted by molar-refractivity contribution is 0.102. The molecule has 1 aromatic heterocycles. The summed E-state index contributed by atoms with van der Waals surface area (Å²) in [6.07, 6.45) is 0. The van der Waals surface area contributed by atoms with Crippen LogP contribution in [0, 0.1) is 0 Å². The van der Waals surface area contributed by atoms with E-state index in [0.717, 1.165) is 11.1 Å². The van der Waals surface area contributed by atoms with Gasteiger partial charge in [-0.05, 0) is 48.0 Å². The second-order valence-corrected chi connectivity index (χ2v) is 10.8. The highest BCUT2D eigenvalue weighted by Gasteiger charge is 2.23. The first-order valence-corrected chi connectivity index (χ1v) is 13.8. The lowest BCUT2D eigenvalue weighted by Gasteiger charge is -2.20. The summed E-state index contributed by atoms with van der Waals surface area (Å²) >= 11 is 1.29. The normalized spacial score (nSPS) is 11.4. The summed E-state index contributed by atoms with van der Waals surface area (Å²) in [5.74, 6) is 0.815. The molecule has 4 aromatic rings. The molecular formula is C27H27N3O5S2. The van der Waals surface area contributed by atoms with Crippen LogP contribution in [0.2, 0.25) is 0 Å². The number of carbonyl (C=O) groups is 1. The molecule has 3 aromatic carbocycles.